The van der Waals surface area contributed by atoms with Gasteiger partial charge in [0, 0.05) is 6.54 Å². The number of hydrogen-bond acceptors (Lipinski definition) is 2. The van der Waals surface area contributed by atoms with Crippen LogP contribution < -0.4 is 0 Å². The van der Waals surface area contributed by atoms with Crippen LogP contribution in [0.4, 0.5) is 0 Å². The highest BCUT2D eigenvalue weighted by Crippen LogP contribution is 2.32. The average Bonchev–Trinajstić information content (AvgIpc) is 2.54. The van der Waals surface area contributed by atoms with Gasteiger partial charge in [0.2, 0.25) is 0 Å². The maximum Gasteiger partial charge on any atom is 0.0613 e. The monoisotopic (exact) mass is 252 g/mol. The molecular weight excluding hydrogens is 232 g/mol. The summed E-state index contributed by atoms with van der Waals surface area (Å²) in [6, 6.07) is 19.9. The molecule has 2 nitrogen and oxygen atoms in total. The van der Waals surface area contributed by atoms with Crippen LogP contribution in [-0.4, -0.2) is 30.6 Å². The fraction of sp³-hybridized carbons (Fsp3) is 0.294. The van der Waals surface area contributed by atoms with Crippen LogP contribution in [-0.2, 0) is 6.54 Å². The first-order valence-electron chi connectivity index (χ1n) is 6.77. The van der Waals surface area contributed by atoms with Crippen molar-refractivity contribution in [3.8, 4) is 0 Å². The molecule has 19 heavy (non-hydrogen) atoms. The van der Waals surface area contributed by atoms with Crippen molar-refractivity contribution in [2.24, 2.45) is 0 Å². The van der Waals surface area contributed by atoms with Crippen molar-refractivity contribution in [3.05, 3.63) is 71.3 Å². The highest BCUT2D eigenvalue weighted by atomic mass is 15.3. The van der Waals surface area contributed by atoms with Gasteiger partial charge in [0.1, 0.15) is 0 Å². The first-order valence-corrected chi connectivity index (χ1v) is 6.77. The number of rotatable bonds is 1. The Morgan fingerprint density at radius 2 is 1.58 bits per heavy atom. The van der Waals surface area contributed by atoms with E-state index in [4.69, 9.17) is 0 Å². The van der Waals surface area contributed by atoms with E-state index in [1.807, 2.05) is 0 Å². The van der Waals surface area contributed by atoms with Gasteiger partial charge < -0.3 is 0 Å². The lowest BCUT2D eigenvalue weighted by Gasteiger charge is -2.29. The summed E-state index contributed by atoms with van der Waals surface area (Å²) in [6.07, 6.45) is 0. The molecule has 0 aliphatic carbocycles. The second-order valence-electron chi connectivity index (χ2n) is 5.42. The van der Waals surface area contributed by atoms with Gasteiger partial charge in [0.25, 0.3) is 0 Å². The Labute approximate surface area is 115 Å². The Morgan fingerprint density at radius 1 is 0.895 bits per heavy atom. The van der Waals surface area contributed by atoms with Crippen LogP contribution in [0.15, 0.2) is 54.6 Å². The van der Waals surface area contributed by atoms with Crippen LogP contribution in [0.3, 0.4) is 0 Å². The first-order chi connectivity index (χ1) is 9.25. The van der Waals surface area contributed by atoms with Crippen molar-refractivity contribution < 1.29 is 0 Å². The highest BCUT2D eigenvalue weighted by Gasteiger charge is 2.25. The molecule has 0 saturated heterocycles. The molecule has 0 saturated carbocycles. The zero-order chi connectivity index (χ0) is 13.2. The predicted octanol–water partition coefficient (Wildman–Crippen LogP) is 3.11. The largest absolute Gasteiger partial charge is 0.289 e. The second-order valence-corrected chi connectivity index (χ2v) is 5.42. The minimum atomic E-state index is 0.349. The van der Waals surface area contributed by atoms with Gasteiger partial charge in [-0.05, 0) is 30.8 Å². The summed E-state index contributed by atoms with van der Waals surface area (Å²) in [5, 5.41) is 0. The van der Waals surface area contributed by atoms with Crippen molar-refractivity contribution in [1.82, 2.24) is 9.80 Å². The Bertz CT molecular complexity index is 550. The smallest absolute Gasteiger partial charge is 0.0613 e. The molecule has 0 radical (unpaired) electrons. The van der Waals surface area contributed by atoms with Crippen LogP contribution in [0, 0.1) is 0 Å². The van der Waals surface area contributed by atoms with Gasteiger partial charge in [0.15, 0.2) is 0 Å². The maximum absolute atomic E-state index is 2.42. The molecule has 2 aromatic carbocycles. The molecule has 98 valence electrons. The van der Waals surface area contributed by atoms with E-state index < -0.39 is 0 Å². The zero-order valence-electron chi connectivity index (χ0n) is 11.6. The molecule has 1 atom stereocenters. The van der Waals surface area contributed by atoms with Gasteiger partial charge in [-0.1, -0.05) is 54.6 Å². The SMILES string of the molecule is CN1Cc2ccccc2C(c2ccccc2)N(C)C1. The summed E-state index contributed by atoms with van der Waals surface area (Å²) in [5.74, 6) is 0. The lowest BCUT2D eigenvalue weighted by Crippen LogP contribution is -2.32. The number of fused-ring (bicyclic) bond motifs is 1. The molecule has 0 aromatic heterocycles. The molecule has 2 aromatic rings. The fourth-order valence-electron chi connectivity index (χ4n) is 3.05. The van der Waals surface area contributed by atoms with E-state index in [0.717, 1.165) is 13.2 Å². The molecule has 0 amide bonds. The van der Waals surface area contributed by atoms with Gasteiger partial charge in [-0.3, -0.25) is 9.80 Å². The Balaban J connectivity index is 2.11. The second kappa shape index (κ2) is 5.16. The third-order valence-electron chi connectivity index (χ3n) is 3.81. The standard InChI is InChI=1S/C17H20N2/c1-18-12-15-10-6-7-11-16(15)17(19(2)13-18)14-8-4-3-5-9-14/h3-11,17H,12-13H2,1-2H3. The molecule has 0 spiro atoms. The molecule has 0 bridgehead atoms. The van der Waals surface area contributed by atoms with E-state index in [0.29, 0.717) is 6.04 Å². The maximum atomic E-state index is 2.42. The molecular formula is C17H20N2. The van der Waals surface area contributed by atoms with Crippen molar-refractivity contribution in [3.63, 3.8) is 0 Å². The lowest BCUT2D eigenvalue weighted by molar-refractivity contribution is 0.164. The van der Waals surface area contributed by atoms with Crippen LogP contribution in [0.25, 0.3) is 0 Å². The number of benzene rings is 2. The van der Waals surface area contributed by atoms with Crippen molar-refractivity contribution >= 4 is 0 Å². The summed E-state index contributed by atoms with van der Waals surface area (Å²) in [6.45, 7) is 2.00. The molecule has 0 N–H and O–H groups in total. The lowest BCUT2D eigenvalue weighted by atomic mass is 9.94. The van der Waals surface area contributed by atoms with Crippen molar-refractivity contribution in [1.29, 1.82) is 0 Å². The number of hydrogen-bond donors (Lipinski definition) is 0. The molecule has 1 aliphatic rings. The van der Waals surface area contributed by atoms with E-state index in [2.05, 4.69) is 78.5 Å². The van der Waals surface area contributed by atoms with E-state index in [-0.39, 0.29) is 0 Å². The van der Waals surface area contributed by atoms with Gasteiger partial charge in [-0.15, -0.1) is 0 Å². The first kappa shape index (κ1) is 12.4. The van der Waals surface area contributed by atoms with Crippen molar-refractivity contribution in [2.75, 3.05) is 20.8 Å². The van der Waals surface area contributed by atoms with E-state index in [9.17, 15) is 0 Å². The zero-order valence-corrected chi connectivity index (χ0v) is 11.6. The third kappa shape index (κ3) is 2.42. The molecule has 0 fully saturated rings. The average molecular weight is 252 g/mol. The Kier molecular flexibility index (Phi) is 3.36. The Morgan fingerprint density at radius 3 is 2.37 bits per heavy atom. The normalized spacial score (nSPS) is 20.8. The summed E-state index contributed by atoms with van der Waals surface area (Å²) < 4.78 is 0. The Hall–Kier alpha value is -1.64. The summed E-state index contributed by atoms with van der Waals surface area (Å²) in [5.41, 5.74) is 4.23. The predicted molar refractivity (Wildman–Crippen MR) is 78.8 cm³/mol. The molecule has 1 aliphatic heterocycles. The summed E-state index contributed by atoms with van der Waals surface area (Å²) in [4.78, 5) is 4.78. The van der Waals surface area contributed by atoms with Gasteiger partial charge in [0.05, 0.1) is 12.7 Å². The van der Waals surface area contributed by atoms with Crippen molar-refractivity contribution in [2.45, 2.75) is 12.6 Å². The minimum Gasteiger partial charge on any atom is -0.289 e. The van der Waals surface area contributed by atoms with Gasteiger partial charge in [-0.2, -0.15) is 0 Å². The van der Waals surface area contributed by atoms with E-state index >= 15 is 0 Å². The number of nitrogens with zero attached hydrogens (tertiary/aromatic N) is 2. The molecule has 2 heteroatoms. The van der Waals surface area contributed by atoms with Crippen LogP contribution in [0.2, 0.25) is 0 Å². The summed E-state index contributed by atoms with van der Waals surface area (Å²) >= 11 is 0. The van der Waals surface area contributed by atoms with Crippen LogP contribution in [0.5, 0.6) is 0 Å². The third-order valence-corrected chi connectivity index (χ3v) is 3.81. The quantitative estimate of drug-likeness (QED) is 0.769. The van der Waals surface area contributed by atoms with Crippen LogP contribution >= 0.6 is 0 Å². The fourth-order valence-corrected chi connectivity index (χ4v) is 3.05. The van der Waals surface area contributed by atoms with Gasteiger partial charge >= 0.3 is 0 Å². The van der Waals surface area contributed by atoms with Gasteiger partial charge in [-0.25, -0.2) is 0 Å². The highest BCUT2D eigenvalue weighted by molar-refractivity contribution is 5.38. The summed E-state index contributed by atoms with van der Waals surface area (Å²) in [7, 11) is 4.39. The molecule has 3 rings (SSSR count). The molecule has 1 unspecified atom stereocenters. The minimum absolute atomic E-state index is 0.349. The topological polar surface area (TPSA) is 6.48 Å². The van der Waals surface area contributed by atoms with Crippen LogP contribution in [0.1, 0.15) is 22.7 Å². The van der Waals surface area contributed by atoms with E-state index in [1.165, 1.54) is 16.7 Å². The van der Waals surface area contributed by atoms with E-state index in [1.54, 1.807) is 0 Å². The molecule has 1 heterocycles.